The van der Waals surface area contributed by atoms with Gasteiger partial charge in [-0.25, -0.2) is 0 Å². The topological polar surface area (TPSA) is 44.1 Å². The molecule has 3 fully saturated rings. The molecule has 1 aliphatic heterocycles. The molecule has 1 heterocycles. The Labute approximate surface area is 137 Å². The molecule has 4 bridgehead atoms. The smallest absolute Gasteiger partial charge is 0.247 e. The molecule has 4 atom stereocenters. The third-order valence-electron chi connectivity index (χ3n) is 7.23. The lowest BCUT2D eigenvalue weighted by molar-refractivity contribution is -0.132. The molecule has 3 nitrogen and oxygen atoms in total. The fraction of sp³-hybridized carbons (Fsp3) is 0.500. The van der Waals surface area contributed by atoms with E-state index in [4.69, 9.17) is 0 Å². The van der Waals surface area contributed by atoms with E-state index in [0.717, 1.165) is 24.9 Å². The Hall–Kier alpha value is -2.08. The molecule has 118 valence electrons. The van der Waals surface area contributed by atoms with Gasteiger partial charge in [-0.2, -0.15) is 5.26 Å². The monoisotopic (exact) mass is 306 g/mol. The van der Waals surface area contributed by atoms with Crippen LogP contribution in [0.25, 0.3) is 6.08 Å². The normalized spacial score (nSPS) is 40.7. The number of carbonyl (C=O) groups excluding carboxylic acids is 1. The van der Waals surface area contributed by atoms with Crippen LogP contribution in [0.3, 0.4) is 0 Å². The van der Waals surface area contributed by atoms with Crippen LogP contribution in [0.5, 0.6) is 0 Å². The van der Waals surface area contributed by atoms with Crippen molar-refractivity contribution >= 4 is 12.0 Å². The molecule has 1 aromatic rings. The maximum Gasteiger partial charge on any atom is 0.247 e. The van der Waals surface area contributed by atoms with E-state index in [0.29, 0.717) is 5.92 Å². The molecular weight excluding hydrogens is 284 g/mol. The largest absolute Gasteiger partial charge is 0.319 e. The van der Waals surface area contributed by atoms with Crippen LogP contribution in [0.1, 0.15) is 38.7 Å². The first-order valence-corrected chi connectivity index (χ1v) is 8.43. The van der Waals surface area contributed by atoms with Gasteiger partial charge in [0.05, 0.1) is 6.07 Å². The van der Waals surface area contributed by atoms with Crippen molar-refractivity contribution in [1.82, 2.24) is 4.90 Å². The van der Waals surface area contributed by atoms with Crippen molar-refractivity contribution in [2.24, 2.45) is 16.7 Å². The Morgan fingerprint density at radius 2 is 2.09 bits per heavy atom. The first kappa shape index (κ1) is 14.5. The second-order valence-corrected chi connectivity index (χ2v) is 7.83. The van der Waals surface area contributed by atoms with Crippen molar-refractivity contribution in [3.63, 3.8) is 0 Å². The molecule has 3 aliphatic rings. The van der Waals surface area contributed by atoms with Crippen LogP contribution in [-0.4, -0.2) is 22.9 Å². The van der Waals surface area contributed by atoms with E-state index < -0.39 is 5.54 Å². The highest BCUT2D eigenvalue weighted by molar-refractivity contribution is 5.93. The molecule has 4 unspecified atom stereocenters. The van der Waals surface area contributed by atoms with E-state index in [-0.39, 0.29) is 16.7 Å². The van der Waals surface area contributed by atoms with Crippen LogP contribution in [0, 0.1) is 28.1 Å². The van der Waals surface area contributed by atoms with E-state index >= 15 is 0 Å². The van der Waals surface area contributed by atoms with Gasteiger partial charge in [-0.05, 0) is 42.2 Å². The quantitative estimate of drug-likeness (QED) is 0.783. The lowest BCUT2D eigenvalue weighted by Crippen LogP contribution is -2.54. The summed E-state index contributed by atoms with van der Waals surface area (Å²) in [6.45, 7) is 5.25. The van der Waals surface area contributed by atoms with Crippen molar-refractivity contribution in [2.75, 3.05) is 6.54 Å². The van der Waals surface area contributed by atoms with Gasteiger partial charge in [0.25, 0.3) is 0 Å². The van der Waals surface area contributed by atoms with Gasteiger partial charge in [0.15, 0.2) is 0 Å². The van der Waals surface area contributed by atoms with Crippen LogP contribution in [0.15, 0.2) is 36.4 Å². The summed E-state index contributed by atoms with van der Waals surface area (Å²) in [5.41, 5.74) is 0.437. The number of nitrogens with zero attached hydrogens (tertiary/aromatic N) is 2. The SMILES string of the molecule is CC12CN(C(=O)C=Cc3ccccc3)C3(C#N)CC1CCC23C. The maximum absolute atomic E-state index is 12.8. The van der Waals surface area contributed by atoms with Gasteiger partial charge in [-0.15, -0.1) is 0 Å². The molecule has 23 heavy (non-hydrogen) atoms. The summed E-state index contributed by atoms with van der Waals surface area (Å²) < 4.78 is 0. The average molecular weight is 306 g/mol. The lowest BCUT2D eigenvalue weighted by atomic mass is 9.66. The van der Waals surface area contributed by atoms with E-state index in [9.17, 15) is 10.1 Å². The fourth-order valence-electron chi connectivity index (χ4n) is 5.60. The highest BCUT2D eigenvalue weighted by Crippen LogP contribution is 2.75. The van der Waals surface area contributed by atoms with Crippen LogP contribution >= 0.6 is 0 Å². The van der Waals surface area contributed by atoms with Crippen LogP contribution in [-0.2, 0) is 4.79 Å². The number of carbonyl (C=O) groups is 1. The van der Waals surface area contributed by atoms with E-state index in [1.165, 1.54) is 6.42 Å². The second kappa shape index (κ2) is 4.47. The molecule has 2 saturated carbocycles. The summed E-state index contributed by atoms with van der Waals surface area (Å²) in [5, 5.41) is 9.98. The summed E-state index contributed by atoms with van der Waals surface area (Å²) in [6.07, 6.45) is 6.60. The summed E-state index contributed by atoms with van der Waals surface area (Å²) in [6, 6.07) is 12.4. The number of piperidine rings is 1. The third-order valence-corrected chi connectivity index (χ3v) is 7.23. The van der Waals surface area contributed by atoms with Crippen LogP contribution in [0.2, 0.25) is 0 Å². The number of likely N-dealkylation sites (tertiary alicyclic amines) is 1. The second-order valence-electron chi connectivity index (χ2n) is 7.83. The van der Waals surface area contributed by atoms with E-state index in [2.05, 4.69) is 19.9 Å². The van der Waals surface area contributed by atoms with Crippen LogP contribution in [0.4, 0.5) is 0 Å². The van der Waals surface area contributed by atoms with Gasteiger partial charge in [-0.3, -0.25) is 4.79 Å². The molecule has 1 aromatic carbocycles. The molecule has 1 saturated heterocycles. The lowest BCUT2D eigenvalue weighted by Gasteiger charge is -2.42. The Bertz CT molecular complexity index is 734. The average Bonchev–Trinajstić information content (AvgIpc) is 3.02. The molecule has 0 N–H and O–H groups in total. The molecular formula is C20H22N2O. The molecule has 0 spiro atoms. The van der Waals surface area contributed by atoms with Gasteiger partial charge in [0.1, 0.15) is 5.54 Å². The van der Waals surface area contributed by atoms with Crippen molar-refractivity contribution in [3.05, 3.63) is 42.0 Å². The number of hydrogen-bond acceptors (Lipinski definition) is 2. The fourth-order valence-corrected chi connectivity index (χ4v) is 5.60. The summed E-state index contributed by atoms with van der Waals surface area (Å²) in [5.74, 6) is 0.569. The molecule has 2 aliphatic carbocycles. The summed E-state index contributed by atoms with van der Waals surface area (Å²) in [7, 11) is 0. The number of amides is 1. The zero-order valence-corrected chi connectivity index (χ0v) is 13.7. The van der Waals surface area contributed by atoms with E-state index in [1.807, 2.05) is 41.3 Å². The van der Waals surface area contributed by atoms with Gasteiger partial charge in [0.2, 0.25) is 5.91 Å². The maximum atomic E-state index is 12.8. The Morgan fingerprint density at radius 1 is 1.35 bits per heavy atom. The minimum atomic E-state index is -0.608. The van der Waals surface area contributed by atoms with Gasteiger partial charge < -0.3 is 4.90 Å². The Kier molecular flexibility index (Phi) is 2.82. The Balaban J connectivity index is 1.65. The minimum absolute atomic E-state index is 0.0225. The molecule has 1 amide bonds. The molecule has 4 rings (SSSR count). The standard InChI is InChI=1S/C20H22N2O/c1-18-14-22(17(23)9-8-15-6-4-3-5-7-15)20(13-21)12-16(18)10-11-19(18,20)2/h3-9,16H,10-12,14H2,1-2H3. The summed E-state index contributed by atoms with van der Waals surface area (Å²) in [4.78, 5) is 14.7. The van der Waals surface area contributed by atoms with Gasteiger partial charge >= 0.3 is 0 Å². The predicted molar refractivity (Wildman–Crippen MR) is 89.1 cm³/mol. The van der Waals surface area contributed by atoms with Crippen molar-refractivity contribution < 1.29 is 4.79 Å². The minimum Gasteiger partial charge on any atom is -0.319 e. The van der Waals surface area contributed by atoms with E-state index in [1.54, 1.807) is 6.08 Å². The van der Waals surface area contributed by atoms with Crippen molar-refractivity contribution in [3.8, 4) is 6.07 Å². The zero-order valence-electron chi connectivity index (χ0n) is 13.7. The molecule has 3 heteroatoms. The first-order chi connectivity index (χ1) is 11.0. The Morgan fingerprint density at radius 3 is 2.74 bits per heavy atom. The zero-order chi connectivity index (χ0) is 16.3. The first-order valence-electron chi connectivity index (χ1n) is 8.43. The molecule has 0 radical (unpaired) electrons. The number of benzene rings is 1. The van der Waals surface area contributed by atoms with Crippen molar-refractivity contribution in [1.29, 1.82) is 5.26 Å². The van der Waals surface area contributed by atoms with Gasteiger partial charge in [0, 0.05) is 18.0 Å². The summed E-state index contributed by atoms with van der Waals surface area (Å²) >= 11 is 0. The highest BCUT2D eigenvalue weighted by atomic mass is 16.2. The van der Waals surface area contributed by atoms with Gasteiger partial charge in [-0.1, -0.05) is 44.2 Å². The van der Waals surface area contributed by atoms with Crippen LogP contribution < -0.4 is 0 Å². The molecule has 0 aromatic heterocycles. The third kappa shape index (κ3) is 1.57. The number of hydrogen-bond donors (Lipinski definition) is 0. The predicted octanol–water partition coefficient (Wildman–Crippen LogP) is 3.63. The highest BCUT2D eigenvalue weighted by Gasteiger charge is 2.78. The number of nitriles is 1. The van der Waals surface area contributed by atoms with Crippen molar-refractivity contribution in [2.45, 2.75) is 38.6 Å². The number of rotatable bonds is 2.